The molecule has 0 aliphatic carbocycles. The van der Waals surface area contributed by atoms with Crippen molar-refractivity contribution in [1.29, 1.82) is 0 Å². The van der Waals surface area contributed by atoms with Crippen molar-refractivity contribution in [3.8, 4) is 0 Å². The zero-order valence-corrected chi connectivity index (χ0v) is 5.96. The molecule has 0 aromatic heterocycles. The third-order valence-electron chi connectivity index (χ3n) is 1.10. The van der Waals surface area contributed by atoms with Crippen LogP contribution in [0.15, 0.2) is 0 Å². The number of nitrogens with zero attached hydrogens (tertiary/aromatic N) is 1. The van der Waals surface area contributed by atoms with Crippen LogP contribution in [0.1, 0.15) is 20.3 Å². The number of amides is 1. The second-order valence-corrected chi connectivity index (χ2v) is 2.71. The van der Waals surface area contributed by atoms with Gasteiger partial charge < -0.3 is 5.73 Å². The van der Waals surface area contributed by atoms with E-state index in [0.29, 0.717) is 0 Å². The molecule has 0 aliphatic rings. The molecule has 0 saturated heterocycles. The van der Waals surface area contributed by atoms with E-state index in [9.17, 15) is 14.9 Å². The van der Waals surface area contributed by atoms with Crippen LogP contribution in [0.2, 0.25) is 0 Å². The number of primary amides is 1. The van der Waals surface area contributed by atoms with Crippen LogP contribution in [0.5, 0.6) is 0 Å². The van der Waals surface area contributed by atoms with Crippen molar-refractivity contribution < 1.29 is 9.72 Å². The summed E-state index contributed by atoms with van der Waals surface area (Å²) in [5, 5.41) is 10.2. The fourth-order valence-electron chi connectivity index (χ4n) is 0.491. The first-order valence-electron chi connectivity index (χ1n) is 2.79. The second-order valence-electron chi connectivity index (χ2n) is 2.71. The van der Waals surface area contributed by atoms with Crippen LogP contribution in [0.25, 0.3) is 0 Å². The van der Waals surface area contributed by atoms with Crippen LogP contribution in [-0.4, -0.2) is 16.4 Å². The molecule has 0 bridgehead atoms. The first-order valence-corrected chi connectivity index (χ1v) is 2.79. The Morgan fingerprint density at radius 1 is 1.70 bits per heavy atom. The lowest BCUT2D eigenvalue weighted by atomic mass is 10.0. The number of carbonyl (C=O) groups excluding carboxylic acids is 1. The molecular formula is C5H10N2O3. The minimum Gasteiger partial charge on any atom is -0.369 e. The summed E-state index contributed by atoms with van der Waals surface area (Å²) in [5.41, 5.74) is 3.54. The standard InChI is InChI=1S/C5H10N2O3/c1-5(2,7(9)10)3-4(6)8/h3H2,1-2H3,(H2,6,8). The minimum atomic E-state index is -1.23. The molecule has 0 unspecified atom stereocenters. The highest BCUT2D eigenvalue weighted by Gasteiger charge is 2.32. The first kappa shape index (κ1) is 8.87. The van der Waals surface area contributed by atoms with Crippen molar-refractivity contribution in [2.24, 2.45) is 5.73 Å². The summed E-state index contributed by atoms with van der Waals surface area (Å²) in [6.45, 7) is 2.72. The number of hydrogen-bond acceptors (Lipinski definition) is 3. The van der Waals surface area contributed by atoms with Crippen LogP contribution in [-0.2, 0) is 4.79 Å². The monoisotopic (exact) mass is 146 g/mol. The van der Waals surface area contributed by atoms with Gasteiger partial charge in [-0.25, -0.2) is 0 Å². The summed E-state index contributed by atoms with van der Waals surface area (Å²) in [4.78, 5) is 19.9. The van der Waals surface area contributed by atoms with Gasteiger partial charge in [-0.3, -0.25) is 14.9 Å². The van der Waals surface area contributed by atoms with Crippen molar-refractivity contribution in [3.63, 3.8) is 0 Å². The zero-order chi connectivity index (χ0) is 8.36. The molecule has 0 fully saturated rings. The van der Waals surface area contributed by atoms with Gasteiger partial charge in [0.1, 0.15) is 0 Å². The molecule has 0 spiro atoms. The topological polar surface area (TPSA) is 86.2 Å². The van der Waals surface area contributed by atoms with Gasteiger partial charge in [0.2, 0.25) is 11.4 Å². The second kappa shape index (κ2) is 2.64. The molecule has 0 saturated carbocycles. The van der Waals surface area contributed by atoms with Gasteiger partial charge in [-0.2, -0.15) is 0 Å². The number of rotatable bonds is 3. The third-order valence-corrected chi connectivity index (χ3v) is 1.10. The first-order chi connectivity index (χ1) is 4.36. The van der Waals surface area contributed by atoms with Crippen molar-refractivity contribution in [2.45, 2.75) is 25.8 Å². The summed E-state index contributed by atoms with van der Waals surface area (Å²) in [6.07, 6.45) is -0.222. The van der Waals surface area contributed by atoms with Gasteiger partial charge in [-0.05, 0) is 0 Å². The number of nitrogens with two attached hydrogens (primary N) is 1. The van der Waals surface area contributed by atoms with Crippen molar-refractivity contribution in [3.05, 3.63) is 10.1 Å². The highest BCUT2D eigenvalue weighted by molar-refractivity contribution is 5.74. The van der Waals surface area contributed by atoms with Crippen molar-refractivity contribution >= 4 is 5.91 Å². The van der Waals surface area contributed by atoms with Crippen LogP contribution in [0, 0.1) is 10.1 Å². The Balaban J connectivity index is 4.13. The van der Waals surface area contributed by atoms with E-state index in [1.165, 1.54) is 13.8 Å². The lowest BCUT2D eigenvalue weighted by Gasteiger charge is -2.11. The Morgan fingerprint density at radius 2 is 2.10 bits per heavy atom. The van der Waals surface area contributed by atoms with Crippen LogP contribution in [0.3, 0.4) is 0 Å². The van der Waals surface area contributed by atoms with E-state index < -0.39 is 16.4 Å². The number of carbonyl (C=O) groups is 1. The Kier molecular flexibility index (Phi) is 2.34. The molecule has 1 amide bonds. The molecule has 10 heavy (non-hydrogen) atoms. The number of nitro groups is 1. The molecular weight excluding hydrogens is 136 g/mol. The fraction of sp³-hybridized carbons (Fsp3) is 0.800. The molecule has 0 aromatic carbocycles. The van der Waals surface area contributed by atoms with E-state index in [4.69, 9.17) is 5.73 Å². The molecule has 5 heteroatoms. The highest BCUT2D eigenvalue weighted by atomic mass is 16.6. The van der Waals surface area contributed by atoms with E-state index in [-0.39, 0.29) is 6.42 Å². The Morgan fingerprint density at radius 3 is 2.20 bits per heavy atom. The lowest BCUT2D eigenvalue weighted by Crippen LogP contribution is -2.35. The van der Waals surface area contributed by atoms with Gasteiger partial charge >= 0.3 is 0 Å². The maximum absolute atomic E-state index is 10.2. The van der Waals surface area contributed by atoms with Gasteiger partial charge in [0.25, 0.3) is 0 Å². The summed E-state index contributed by atoms with van der Waals surface area (Å²) >= 11 is 0. The maximum atomic E-state index is 10.2. The van der Waals surface area contributed by atoms with Crippen LogP contribution in [0.4, 0.5) is 0 Å². The third kappa shape index (κ3) is 2.43. The molecule has 0 rings (SSSR count). The van der Waals surface area contributed by atoms with Crippen molar-refractivity contribution in [2.75, 3.05) is 0 Å². The Hall–Kier alpha value is -1.13. The van der Waals surface area contributed by atoms with Crippen LogP contribution >= 0.6 is 0 Å². The summed E-state index contributed by atoms with van der Waals surface area (Å²) in [5.74, 6) is -0.651. The normalized spacial score (nSPS) is 11.0. The molecule has 2 N–H and O–H groups in total. The molecule has 0 aromatic rings. The molecule has 58 valence electrons. The van der Waals surface area contributed by atoms with Gasteiger partial charge in [0.05, 0.1) is 6.42 Å². The van der Waals surface area contributed by atoms with Gasteiger partial charge in [-0.1, -0.05) is 0 Å². The van der Waals surface area contributed by atoms with E-state index >= 15 is 0 Å². The van der Waals surface area contributed by atoms with E-state index in [1.54, 1.807) is 0 Å². The largest absolute Gasteiger partial charge is 0.369 e. The average molecular weight is 146 g/mol. The molecule has 0 radical (unpaired) electrons. The summed E-state index contributed by atoms with van der Waals surface area (Å²) in [7, 11) is 0. The predicted octanol–water partition coefficient (Wildman–Crippen LogP) is -0.0829. The van der Waals surface area contributed by atoms with E-state index in [0.717, 1.165) is 0 Å². The maximum Gasteiger partial charge on any atom is 0.225 e. The average Bonchev–Trinajstić information content (AvgIpc) is 1.60. The van der Waals surface area contributed by atoms with Gasteiger partial charge in [0, 0.05) is 18.8 Å². The quantitative estimate of drug-likeness (QED) is 0.446. The Bertz CT molecular complexity index is 164. The molecule has 0 aliphatic heterocycles. The summed E-state index contributed by atoms with van der Waals surface area (Å²) in [6, 6.07) is 0. The van der Waals surface area contributed by atoms with Crippen molar-refractivity contribution in [1.82, 2.24) is 0 Å². The summed E-state index contributed by atoms with van der Waals surface area (Å²) < 4.78 is 0. The minimum absolute atomic E-state index is 0.222. The molecule has 5 nitrogen and oxygen atoms in total. The SMILES string of the molecule is CC(C)(CC(N)=O)[N+](=O)[O-]. The Labute approximate surface area is 58.4 Å². The molecule has 0 heterocycles. The fourth-order valence-corrected chi connectivity index (χ4v) is 0.491. The van der Waals surface area contributed by atoms with E-state index in [2.05, 4.69) is 0 Å². The lowest BCUT2D eigenvalue weighted by molar-refractivity contribution is -0.559. The predicted molar refractivity (Wildman–Crippen MR) is 34.9 cm³/mol. The highest BCUT2D eigenvalue weighted by Crippen LogP contribution is 2.11. The smallest absolute Gasteiger partial charge is 0.225 e. The number of hydrogen-bond donors (Lipinski definition) is 1. The van der Waals surface area contributed by atoms with E-state index in [1.807, 2.05) is 0 Å². The van der Waals surface area contributed by atoms with Gasteiger partial charge in [0.15, 0.2) is 0 Å². The van der Waals surface area contributed by atoms with Crippen LogP contribution < -0.4 is 5.73 Å². The molecule has 0 atom stereocenters. The van der Waals surface area contributed by atoms with Gasteiger partial charge in [-0.15, -0.1) is 0 Å². The zero-order valence-electron chi connectivity index (χ0n) is 5.96.